The van der Waals surface area contributed by atoms with Gasteiger partial charge in [0.2, 0.25) is 0 Å². The van der Waals surface area contributed by atoms with Crippen molar-refractivity contribution in [3.05, 3.63) is 17.5 Å². The Bertz CT molecular complexity index is 306. The predicted octanol–water partition coefficient (Wildman–Crippen LogP) is 0.0891. The van der Waals surface area contributed by atoms with Gasteiger partial charge >= 0.3 is 5.97 Å². The summed E-state index contributed by atoms with van der Waals surface area (Å²) < 4.78 is 6.18. The van der Waals surface area contributed by atoms with Crippen molar-refractivity contribution in [2.24, 2.45) is 7.05 Å². The Morgan fingerprint density at radius 2 is 2.46 bits per heavy atom. The summed E-state index contributed by atoms with van der Waals surface area (Å²) in [5.74, 6) is -0.419. The van der Waals surface area contributed by atoms with E-state index in [1.807, 2.05) is 0 Å². The first-order valence-corrected chi connectivity index (χ1v) is 4.00. The van der Waals surface area contributed by atoms with Gasteiger partial charge in [0.1, 0.15) is 5.69 Å². The van der Waals surface area contributed by atoms with Crippen LogP contribution >= 0.6 is 0 Å². The fourth-order valence-electron chi connectivity index (χ4n) is 1.000. The van der Waals surface area contributed by atoms with E-state index in [9.17, 15) is 4.79 Å². The van der Waals surface area contributed by atoms with Crippen LogP contribution in [0.3, 0.4) is 0 Å². The van der Waals surface area contributed by atoms with Crippen molar-refractivity contribution in [3.63, 3.8) is 0 Å². The smallest absolute Gasteiger partial charge is 0.356 e. The Kier molecular flexibility index (Phi) is 3.02. The van der Waals surface area contributed by atoms with Gasteiger partial charge in [-0.15, -0.1) is 0 Å². The number of hydrogen-bond donors (Lipinski definition) is 1. The largest absolute Gasteiger partial charge is 0.461 e. The van der Waals surface area contributed by atoms with Crippen molar-refractivity contribution >= 4 is 5.97 Å². The molecular formula is C8H12N2O3. The van der Waals surface area contributed by atoms with Crippen molar-refractivity contribution in [3.8, 4) is 0 Å². The molecule has 1 N–H and O–H groups in total. The molecule has 0 fully saturated rings. The number of carbonyl (C=O) groups excluding carboxylic acids is 1. The average Bonchev–Trinajstić information content (AvgIpc) is 2.47. The minimum Gasteiger partial charge on any atom is -0.461 e. The van der Waals surface area contributed by atoms with Gasteiger partial charge < -0.3 is 9.84 Å². The van der Waals surface area contributed by atoms with Gasteiger partial charge in [-0.2, -0.15) is 5.10 Å². The van der Waals surface area contributed by atoms with E-state index in [1.165, 1.54) is 10.7 Å². The maximum absolute atomic E-state index is 11.2. The number of hydrogen-bond acceptors (Lipinski definition) is 4. The zero-order chi connectivity index (χ0) is 9.84. The van der Waals surface area contributed by atoms with E-state index in [0.717, 1.165) is 0 Å². The van der Waals surface area contributed by atoms with Crippen LogP contribution in [0.2, 0.25) is 0 Å². The summed E-state index contributed by atoms with van der Waals surface area (Å²) in [5.41, 5.74) is 0.816. The molecule has 0 saturated heterocycles. The molecule has 1 rings (SSSR count). The fraction of sp³-hybridized carbons (Fsp3) is 0.500. The Hall–Kier alpha value is -1.36. The molecule has 0 aromatic carbocycles. The highest BCUT2D eigenvalue weighted by atomic mass is 16.5. The van der Waals surface area contributed by atoms with E-state index in [1.54, 1.807) is 14.0 Å². The molecule has 0 spiro atoms. The van der Waals surface area contributed by atoms with E-state index in [-0.39, 0.29) is 6.61 Å². The molecule has 5 heteroatoms. The van der Waals surface area contributed by atoms with Gasteiger partial charge in [-0.25, -0.2) is 4.79 Å². The minimum absolute atomic E-state index is 0.173. The van der Waals surface area contributed by atoms with Crippen LogP contribution in [0.4, 0.5) is 0 Å². The molecule has 0 aliphatic rings. The first-order valence-electron chi connectivity index (χ1n) is 4.00. The topological polar surface area (TPSA) is 64.3 Å². The summed E-state index contributed by atoms with van der Waals surface area (Å²) in [7, 11) is 1.63. The lowest BCUT2D eigenvalue weighted by molar-refractivity contribution is 0.0513. The maximum atomic E-state index is 11.2. The average molecular weight is 184 g/mol. The van der Waals surface area contributed by atoms with E-state index in [0.29, 0.717) is 18.0 Å². The first kappa shape index (κ1) is 9.73. The molecule has 0 saturated carbocycles. The Morgan fingerprint density at radius 3 is 2.92 bits per heavy atom. The Labute approximate surface area is 75.9 Å². The molecule has 1 aromatic heterocycles. The van der Waals surface area contributed by atoms with Crippen LogP contribution in [-0.2, 0) is 18.4 Å². The molecule has 1 aromatic rings. The van der Waals surface area contributed by atoms with Gasteiger partial charge in [0.15, 0.2) is 0 Å². The zero-order valence-electron chi connectivity index (χ0n) is 7.65. The lowest BCUT2D eigenvalue weighted by atomic mass is 10.3. The fourth-order valence-corrected chi connectivity index (χ4v) is 1.000. The molecule has 5 nitrogen and oxygen atoms in total. The molecule has 1 heterocycles. The standard InChI is InChI=1S/C8H12N2O3/c1-3-13-8(12)7-4-6(5-11)9-10(7)2/h4,11H,3,5H2,1-2H3. The molecular weight excluding hydrogens is 172 g/mol. The van der Waals surface area contributed by atoms with Gasteiger partial charge in [0, 0.05) is 7.05 Å². The van der Waals surface area contributed by atoms with Crippen LogP contribution < -0.4 is 0 Å². The van der Waals surface area contributed by atoms with E-state index in [2.05, 4.69) is 5.10 Å². The second kappa shape index (κ2) is 4.04. The number of aliphatic hydroxyl groups is 1. The molecule has 0 bridgehead atoms. The molecule has 72 valence electrons. The Balaban J connectivity index is 2.87. The number of aliphatic hydroxyl groups excluding tert-OH is 1. The van der Waals surface area contributed by atoms with Crippen LogP contribution in [0.15, 0.2) is 6.07 Å². The molecule has 13 heavy (non-hydrogen) atoms. The zero-order valence-corrected chi connectivity index (χ0v) is 7.65. The van der Waals surface area contributed by atoms with Gasteiger partial charge in [-0.05, 0) is 13.0 Å². The SMILES string of the molecule is CCOC(=O)c1cc(CO)nn1C. The lowest BCUT2D eigenvalue weighted by Gasteiger charge is -1.99. The normalized spacial score (nSPS) is 10.1. The molecule has 0 radical (unpaired) electrons. The van der Waals surface area contributed by atoms with E-state index >= 15 is 0 Å². The second-order valence-electron chi connectivity index (χ2n) is 2.52. The van der Waals surface area contributed by atoms with Crippen LogP contribution in [-0.4, -0.2) is 27.5 Å². The van der Waals surface area contributed by atoms with Crippen molar-refractivity contribution in [1.82, 2.24) is 9.78 Å². The third-order valence-corrected chi connectivity index (χ3v) is 1.58. The molecule has 0 aliphatic carbocycles. The third kappa shape index (κ3) is 2.06. The summed E-state index contributed by atoms with van der Waals surface area (Å²) in [4.78, 5) is 11.2. The number of esters is 1. The highest BCUT2D eigenvalue weighted by molar-refractivity contribution is 5.87. The van der Waals surface area contributed by atoms with E-state index in [4.69, 9.17) is 9.84 Å². The second-order valence-corrected chi connectivity index (χ2v) is 2.52. The number of ether oxygens (including phenoxy) is 1. The minimum atomic E-state index is -0.419. The maximum Gasteiger partial charge on any atom is 0.356 e. The van der Waals surface area contributed by atoms with E-state index < -0.39 is 5.97 Å². The van der Waals surface area contributed by atoms with Crippen LogP contribution in [0.5, 0.6) is 0 Å². The van der Waals surface area contributed by atoms with Crippen molar-refractivity contribution < 1.29 is 14.6 Å². The molecule has 0 atom stereocenters. The van der Waals surface area contributed by atoms with Gasteiger partial charge in [-0.3, -0.25) is 4.68 Å². The van der Waals surface area contributed by atoms with Crippen LogP contribution in [0, 0.1) is 0 Å². The quantitative estimate of drug-likeness (QED) is 0.676. The number of carbonyl (C=O) groups is 1. The number of nitrogens with zero attached hydrogens (tertiary/aromatic N) is 2. The number of aromatic nitrogens is 2. The third-order valence-electron chi connectivity index (χ3n) is 1.58. The number of rotatable bonds is 3. The lowest BCUT2D eigenvalue weighted by Crippen LogP contribution is -2.10. The summed E-state index contributed by atoms with van der Waals surface area (Å²) in [6.07, 6.45) is 0. The van der Waals surface area contributed by atoms with Gasteiger partial charge in [-0.1, -0.05) is 0 Å². The monoisotopic (exact) mass is 184 g/mol. The first-order chi connectivity index (χ1) is 6.19. The Morgan fingerprint density at radius 1 is 1.77 bits per heavy atom. The molecule has 0 unspecified atom stereocenters. The summed E-state index contributed by atoms with van der Waals surface area (Å²) in [6.45, 7) is 1.90. The van der Waals surface area contributed by atoms with Crippen molar-refractivity contribution in [2.45, 2.75) is 13.5 Å². The number of aryl methyl sites for hydroxylation is 1. The molecule has 0 amide bonds. The summed E-state index contributed by atoms with van der Waals surface area (Å²) in [6, 6.07) is 1.51. The van der Waals surface area contributed by atoms with Crippen molar-refractivity contribution in [2.75, 3.05) is 6.61 Å². The van der Waals surface area contributed by atoms with Crippen LogP contribution in [0.1, 0.15) is 23.1 Å². The highest BCUT2D eigenvalue weighted by Gasteiger charge is 2.13. The highest BCUT2D eigenvalue weighted by Crippen LogP contribution is 2.04. The van der Waals surface area contributed by atoms with Crippen LogP contribution in [0.25, 0.3) is 0 Å². The van der Waals surface area contributed by atoms with Gasteiger partial charge in [0.25, 0.3) is 0 Å². The van der Waals surface area contributed by atoms with Gasteiger partial charge in [0.05, 0.1) is 18.9 Å². The molecule has 0 aliphatic heterocycles. The summed E-state index contributed by atoms with van der Waals surface area (Å²) in [5, 5.41) is 12.7. The van der Waals surface area contributed by atoms with Crippen molar-refractivity contribution in [1.29, 1.82) is 0 Å². The predicted molar refractivity (Wildman–Crippen MR) is 45.1 cm³/mol. The summed E-state index contributed by atoms with van der Waals surface area (Å²) >= 11 is 0.